The van der Waals surface area contributed by atoms with Crippen LogP contribution in [0.25, 0.3) is 28.4 Å². The second-order valence-corrected chi connectivity index (χ2v) is 6.08. The third-order valence-electron chi connectivity index (χ3n) is 4.29. The number of rotatable bonds is 3. The highest BCUT2D eigenvalue weighted by Crippen LogP contribution is 2.21. The summed E-state index contributed by atoms with van der Waals surface area (Å²) in [6.07, 6.45) is 6.38. The smallest absolute Gasteiger partial charge is 0.264 e. The Kier molecular flexibility index (Phi) is 4.40. The van der Waals surface area contributed by atoms with E-state index in [9.17, 15) is 15.2 Å². The minimum atomic E-state index is -0.312. The first-order valence-electron chi connectivity index (χ1n) is 8.50. The molecule has 6 heteroatoms. The van der Waals surface area contributed by atoms with Crippen LogP contribution < -0.4 is 5.56 Å². The molecule has 0 unspecified atom stereocenters. The van der Waals surface area contributed by atoms with E-state index in [1.807, 2.05) is 6.07 Å². The second kappa shape index (κ2) is 7.17. The van der Waals surface area contributed by atoms with Gasteiger partial charge in [0.05, 0.1) is 17.3 Å². The molecule has 1 aromatic carbocycles. The number of fused-ring (bicyclic) bond motifs is 1. The second-order valence-electron chi connectivity index (χ2n) is 6.08. The summed E-state index contributed by atoms with van der Waals surface area (Å²) in [5.74, 6) is 0.105. The molecule has 0 saturated heterocycles. The van der Waals surface area contributed by atoms with Gasteiger partial charge in [-0.05, 0) is 54.6 Å². The van der Waals surface area contributed by atoms with Gasteiger partial charge in [-0.3, -0.25) is 14.3 Å². The maximum atomic E-state index is 13.2. The molecule has 6 nitrogen and oxygen atoms in total. The molecule has 0 aliphatic heterocycles. The molecule has 134 valence electrons. The summed E-state index contributed by atoms with van der Waals surface area (Å²) in [5.41, 5.74) is 2.08. The van der Waals surface area contributed by atoms with Crippen molar-refractivity contribution in [1.82, 2.24) is 14.5 Å². The Morgan fingerprint density at radius 1 is 1.11 bits per heavy atom. The Balaban J connectivity index is 2.00. The van der Waals surface area contributed by atoms with Crippen LogP contribution in [0.1, 0.15) is 11.1 Å². The summed E-state index contributed by atoms with van der Waals surface area (Å²) in [4.78, 5) is 21.6. The lowest BCUT2D eigenvalue weighted by molar-refractivity contribution is 0.475. The summed E-state index contributed by atoms with van der Waals surface area (Å²) in [6, 6.07) is 17.3. The fourth-order valence-electron chi connectivity index (χ4n) is 2.97. The minimum absolute atomic E-state index is 0.105. The molecule has 0 aliphatic carbocycles. The van der Waals surface area contributed by atoms with Crippen molar-refractivity contribution in [1.29, 1.82) is 5.26 Å². The van der Waals surface area contributed by atoms with Crippen molar-refractivity contribution in [3.8, 4) is 17.5 Å². The fourth-order valence-corrected chi connectivity index (χ4v) is 2.97. The number of aromatic hydroxyl groups is 1. The molecular formula is C22H14N4O2. The molecule has 0 bridgehead atoms. The molecule has 4 rings (SSSR count). The summed E-state index contributed by atoms with van der Waals surface area (Å²) in [5, 5.41) is 19.9. The number of hydrogen-bond donors (Lipinski definition) is 1. The molecule has 4 aromatic rings. The highest BCUT2D eigenvalue weighted by Gasteiger charge is 2.12. The Morgan fingerprint density at radius 3 is 2.61 bits per heavy atom. The van der Waals surface area contributed by atoms with Gasteiger partial charge in [0, 0.05) is 35.1 Å². The van der Waals surface area contributed by atoms with E-state index in [1.165, 1.54) is 16.7 Å². The normalized spacial score (nSPS) is 11.3. The predicted molar refractivity (Wildman–Crippen MR) is 107 cm³/mol. The average Bonchev–Trinajstić information content (AvgIpc) is 2.74. The molecule has 3 aromatic heterocycles. The number of aromatic nitrogens is 3. The SMILES string of the molecule is N#CC(=Cc1cc2cccnc2n(-c2ccc(O)cc2)c1=O)c1cccnc1. The molecule has 0 aliphatic rings. The van der Waals surface area contributed by atoms with Crippen LogP contribution in [0.4, 0.5) is 0 Å². The van der Waals surface area contributed by atoms with Crippen molar-refractivity contribution < 1.29 is 5.11 Å². The highest BCUT2D eigenvalue weighted by molar-refractivity contribution is 5.91. The Morgan fingerprint density at radius 2 is 1.89 bits per heavy atom. The van der Waals surface area contributed by atoms with Gasteiger partial charge in [0.1, 0.15) is 11.4 Å². The zero-order valence-corrected chi connectivity index (χ0v) is 14.6. The van der Waals surface area contributed by atoms with Gasteiger partial charge in [0.15, 0.2) is 0 Å². The lowest BCUT2D eigenvalue weighted by atomic mass is 10.1. The molecular weight excluding hydrogens is 352 g/mol. The van der Waals surface area contributed by atoms with Gasteiger partial charge in [-0.2, -0.15) is 5.26 Å². The summed E-state index contributed by atoms with van der Waals surface area (Å²) >= 11 is 0. The molecule has 0 amide bonds. The predicted octanol–water partition coefficient (Wildman–Crippen LogP) is 3.55. The van der Waals surface area contributed by atoms with Crippen LogP contribution in [-0.2, 0) is 0 Å². The molecule has 0 spiro atoms. The Labute approximate surface area is 160 Å². The van der Waals surface area contributed by atoms with Crippen molar-refractivity contribution in [2.75, 3.05) is 0 Å². The first-order valence-corrected chi connectivity index (χ1v) is 8.50. The van der Waals surface area contributed by atoms with Gasteiger partial charge in [-0.25, -0.2) is 4.98 Å². The summed E-state index contributed by atoms with van der Waals surface area (Å²) < 4.78 is 1.47. The monoisotopic (exact) mass is 366 g/mol. The van der Waals surface area contributed by atoms with E-state index in [4.69, 9.17) is 0 Å². The first kappa shape index (κ1) is 17.2. The van der Waals surface area contributed by atoms with Crippen molar-refractivity contribution >= 4 is 22.7 Å². The quantitative estimate of drug-likeness (QED) is 0.560. The van der Waals surface area contributed by atoms with E-state index in [2.05, 4.69) is 16.0 Å². The van der Waals surface area contributed by atoms with E-state index in [0.717, 1.165) is 5.39 Å². The number of phenolic OH excluding ortho intramolecular Hbond substituents is 1. The third kappa shape index (κ3) is 3.13. The van der Waals surface area contributed by atoms with E-state index in [0.29, 0.717) is 28.0 Å². The van der Waals surface area contributed by atoms with Gasteiger partial charge in [-0.15, -0.1) is 0 Å². The topological polar surface area (TPSA) is 91.8 Å². The van der Waals surface area contributed by atoms with Crippen LogP contribution in [-0.4, -0.2) is 19.6 Å². The van der Waals surface area contributed by atoms with Crippen LogP contribution in [0, 0.1) is 11.3 Å². The van der Waals surface area contributed by atoms with E-state index >= 15 is 0 Å². The van der Waals surface area contributed by atoms with E-state index in [-0.39, 0.29) is 11.3 Å². The van der Waals surface area contributed by atoms with Gasteiger partial charge in [-0.1, -0.05) is 6.07 Å². The Hall–Kier alpha value is -4.24. The van der Waals surface area contributed by atoms with Crippen molar-refractivity contribution in [3.05, 3.63) is 94.7 Å². The van der Waals surface area contributed by atoms with Crippen LogP contribution in [0.15, 0.2) is 78.0 Å². The van der Waals surface area contributed by atoms with Crippen molar-refractivity contribution in [2.45, 2.75) is 0 Å². The Bertz CT molecular complexity index is 1280. The maximum Gasteiger partial charge on any atom is 0.264 e. The van der Waals surface area contributed by atoms with Crippen LogP contribution in [0.5, 0.6) is 5.75 Å². The number of benzene rings is 1. The molecule has 3 heterocycles. The van der Waals surface area contributed by atoms with Crippen molar-refractivity contribution in [2.24, 2.45) is 0 Å². The minimum Gasteiger partial charge on any atom is -0.508 e. The molecule has 0 radical (unpaired) electrons. The lowest BCUT2D eigenvalue weighted by Gasteiger charge is -2.11. The van der Waals surface area contributed by atoms with Gasteiger partial charge in [0.25, 0.3) is 5.56 Å². The van der Waals surface area contributed by atoms with Crippen LogP contribution >= 0.6 is 0 Å². The largest absolute Gasteiger partial charge is 0.508 e. The molecule has 0 fully saturated rings. The number of phenols is 1. The van der Waals surface area contributed by atoms with Gasteiger partial charge < -0.3 is 5.11 Å². The number of hydrogen-bond acceptors (Lipinski definition) is 5. The van der Waals surface area contributed by atoms with Crippen molar-refractivity contribution in [3.63, 3.8) is 0 Å². The maximum absolute atomic E-state index is 13.2. The third-order valence-corrected chi connectivity index (χ3v) is 4.29. The van der Waals surface area contributed by atoms with Crippen LogP contribution in [0.2, 0.25) is 0 Å². The molecule has 0 saturated carbocycles. The summed E-state index contributed by atoms with van der Waals surface area (Å²) in [6.45, 7) is 0. The number of allylic oxidation sites excluding steroid dienone is 1. The zero-order chi connectivity index (χ0) is 19.5. The molecule has 1 N–H and O–H groups in total. The molecule has 28 heavy (non-hydrogen) atoms. The van der Waals surface area contributed by atoms with E-state index in [1.54, 1.807) is 61.1 Å². The number of pyridine rings is 3. The van der Waals surface area contributed by atoms with Gasteiger partial charge in [0.2, 0.25) is 0 Å². The lowest BCUT2D eigenvalue weighted by Crippen LogP contribution is -2.21. The first-order chi connectivity index (χ1) is 13.7. The average molecular weight is 366 g/mol. The standard InChI is InChI=1S/C22H14N4O2/c23-13-18(16-4-1-9-24-14-16)12-17-11-15-3-2-10-25-21(15)26(22(17)28)19-5-7-20(27)8-6-19/h1-12,14,27H. The molecule has 0 atom stereocenters. The highest BCUT2D eigenvalue weighted by atomic mass is 16.3. The number of nitrogens with zero attached hydrogens (tertiary/aromatic N) is 4. The van der Waals surface area contributed by atoms with Gasteiger partial charge >= 0.3 is 0 Å². The zero-order valence-electron chi connectivity index (χ0n) is 14.6. The van der Waals surface area contributed by atoms with Crippen LogP contribution in [0.3, 0.4) is 0 Å². The number of nitriles is 1. The van der Waals surface area contributed by atoms with E-state index < -0.39 is 0 Å². The fraction of sp³-hybridized carbons (Fsp3) is 0. The summed E-state index contributed by atoms with van der Waals surface area (Å²) in [7, 11) is 0.